The molecule has 3 rings (SSSR count). The maximum absolute atomic E-state index is 12.5. The van der Waals surface area contributed by atoms with Crippen LogP contribution in [0, 0.1) is 0 Å². The Morgan fingerprint density at radius 1 is 1.25 bits per heavy atom. The third-order valence-electron chi connectivity index (χ3n) is 4.81. The van der Waals surface area contributed by atoms with Crippen molar-refractivity contribution in [3.8, 4) is 5.75 Å². The minimum atomic E-state index is -0.214. The zero-order chi connectivity index (χ0) is 17.2. The van der Waals surface area contributed by atoms with Crippen LogP contribution < -0.4 is 9.64 Å². The molecule has 2 aliphatic heterocycles. The minimum Gasteiger partial charge on any atom is -0.497 e. The molecule has 2 amide bonds. The van der Waals surface area contributed by atoms with E-state index >= 15 is 0 Å². The van der Waals surface area contributed by atoms with Crippen molar-refractivity contribution in [2.75, 3.05) is 30.9 Å². The maximum Gasteiger partial charge on any atom is 0.238 e. The predicted octanol–water partition coefficient (Wildman–Crippen LogP) is 2.89. The van der Waals surface area contributed by atoms with Gasteiger partial charge in [-0.15, -0.1) is 11.8 Å². The van der Waals surface area contributed by atoms with Crippen molar-refractivity contribution in [3.05, 3.63) is 24.3 Å². The SMILES string of the molecule is CCCC(=O)N1CCC2(CC1)SCC(=O)N2c1ccc(OC)cc1. The Morgan fingerprint density at radius 3 is 2.50 bits per heavy atom. The van der Waals surface area contributed by atoms with E-state index in [2.05, 4.69) is 0 Å². The first-order valence-corrected chi connectivity index (χ1v) is 9.47. The number of ether oxygens (including phenoxy) is 1. The lowest BCUT2D eigenvalue weighted by molar-refractivity contribution is -0.132. The normalized spacial score (nSPS) is 19.8. The van der Waals surface area contributed by atoms with Crippen molar-refractivity contribution in [1.29, 1.82) is 0 Å². The topological polar surface area (TPSA) is 49.9 Å². The Kier molecular flexibility index (Phi) is 5.04. The average molecular weight is 348 g/mol. The standard InChI is InChI=1S/C18H24N2O3S/c1-3-4-16(21)19-11-9-18(10-12-19)20(17(22)13-24-18)14-5-7-15(23-2)8-6-14/h5-8H,3-4,9-13H2,1-2H3. The van der Waals surface area contributed by atoms with Gasteiger partial charge in [-0.3, -0.25) is 14.5 Å². The molecule has 2 aliphatic rings. The van der Waals surface area contributed by atoms with Crippen LogP contribution in [0.1, 0.15) is 32.6 Å². The van der Waals surface area contributed by atoms with Crippen LogP contribution in [0.5, 0.6) is 5.75 Å². The van der Waals surface area contributed by atoms with E-state index in [0.717, 1.165) is 43.8 Å². The quantitative estimate of drug-likeness (QED) is 0.839. The summed E-state index contributed by atoms with van der Waals surface area (Å²) in [5.74, 6) is 1.68. The van der Waals surface area contributed by atoms with E-state index in [1.165, 1.54) is 0 Å². The number of thioether (sulfide) groups is 1. The lowest BCUT2D eigenvalue weighted by Gasteiger charge is -2.44. The molecule has 0 aromatic heterocycles. The Hall–Kier alpha value is -1.69. The van der Waals surface area contributed by atoms with Gasteiger partial charge in [0.15, 0.2) is 0 Å². The molecule has 2 fully saturated rings. The van der Waals surface area contributed by atoms with Crippen LogP contribution in [0.4, 0.5) is 5.69 Å². The van der Waals surface area contributed by atoms with Gasteiger partial charge in [0, 0.05) is 25.2 Å². The highest BCUT2D eigenvalue weighted by Crippen LogP contribution is 2.47. The van der Waals surface area contributed by atoms with Gasteiger partial charge in [0.25, 0.3) is 0 Å². The summed E-state index contributed by atoms with van der Waals surface area (Å²) in [4.78, 5) is 28.3. The second-order valence-electron chi connectivity index (χ2n) is 6.29. The number of nitrogens with zero attached hydrogens (tertiary/aromatic N) is 2. The molecule has 24 heavy (non-hydrogen) atoms. The van der Waals surface area contributed by atoms with Gasteiger partial charge in [-0.1, -0.05) is 6.92 Å². The summed E-state index contributed by atoms with van der Waals surface area (Å²) in [6, 6.07) is 7.66. The molecule has 0 atom stereocenters. The van der Waals surface area contributed by atoms with Gasteiger partial charge >= 0.3 is 0 Å². The lowest BCUT2D eigenvalue weighted by atomic mass is 10.0. The van der Waals surface area contributed by atoms with E-state index in [-0.39, 0.29) is 16.7 Å². The van der Waals surface area contributed by atoms with E-state index in [1.54, 1.807) is 18.9 Å². The number of amides is 2. The first-order valence-electron chi connectivity index (χ1n) is 8.48. The first kappa shape index (κ1) is 17.1. The largest absolute Gasteiger partial charge is 0.497 e. The fourth-order valence-electron chi connectivity index (χ4n) is 3.51. The van der Waals surface area contributed by atoms with Gasteiger partial charge in [-0.25, -0.2) is 0 Å². The van der Waals surface area contributed by atoms with Crippen molar-refractivity contribution in [2.24, 2.45) is 0 Å². The lowest BCUT2D eigenvalue weighted by Crippen LogP contribution is -2.53. The number of carbonyl (C=O) groups is 2. The molecule has 0 unspecified atom stereocenters. The molecule has 2 heterocycles. The minimum absolute atomic E-state index is 0.151. The highest BCUT2D eigenvalue weighted by atomic mass is 32.2. The van der Waals surface area contributed by atoms with Crippen molar-refractivity contribution in [1.82, 2.24) is 4.90 Å². The molecule has 1 aromatic carbocycles. The van der Waals surface area contributed by atoms with E-state index in [4.69, 9.17) is 4.74 Å². The summed E-state index contributed by atoms with van der Waals surface area (Å²) >= 11 is 1.72. The number of likely N-dealkylation sites (tertiary alicyclic amines) is 1. The molecule has 1 aromatic rings. The molecule has 0 saturated carbocycles. The van der Waals surface area contributed by atoms with E-state index in [0.29, 0.717) is 12.2 Å². The summed E-state index contributed by atoms with van der Waals surface area (Å²) in [5, 5.41) is 0. The highest BCUT2D eigenvalue weighted by molar-refractivity contribution is 8.02. The van der Waals surface area contributed by atoms with Crippen molar-refractivity contribution in [3.63, 3.8) is 0 Å². The number of hydrogen-bond acceptors (Lipinski definition) is 4. The monoisotopic (exact) mass is 348 g/mol. The summed E-state index contributed by atoms with van der Waals surface area (Å²) in [6.45, 7) is 3.48. The second kappa shape index (κ2) is 7.05. The van der Waals surface area contributed by atoms with Crippen molar-refractivity contribution in [2.45, 2.75) is 37.5 Å². The number of piperidine rings is 1. The summed E-state index contributed by atoms with van der Waals surface area (Å²) < 4.78 is 5.21. The fourth-order valence-corrected chi connectivity index (χ4v) is 4.84. The predicted molar refractivity (Wildman–Crippen MR) is 96.4 cm³/mol. The third kappa shape index (κ3) is 3.11. The van der Waals surface area contributed by atoms with Gasteiger partial charge < -0.3 is 9.64 Å². The summed E-state index contributed by atoms with van der Waals surface area (Å²) in [6.07, 6.45) is 3.14. The van der Waals surface area contributed by atoms with Crippen LogP contribution in [-0.4, -0.2) is 47.5 Å². The number of benzene rings is 1. The molecule has 0 bridgehead atoms. The molecule has 6 heteroatoms. The van der Waals surface area contributed by atoms with E-state index in [1.807, 2.05) is 41.0 Å². The van der Waals surface area contributed by atoms with Gasteiger partial charge in [0.05, 0.1) is 17.7 Å². The Balaban J connectivity index is 1.77. The van der Waals surface area contributed by atoms with Crippen LogP contribution in [0.25, 0.3) is 0 Å². The molecule has 0 N–H and O–H groups in total. The zero-order valence-corrected chi connectivity index (χ0v) is 15.1. The average Bonchev–Trinajstić information content (AvgIpc) is 2.92. The molecule has 2 saturated heterocycles. The van der Waals surface area contributed by atoms with Gasteiger partial charge in [0.1, 0.15) is 5.75 Å². The number of anilines is 1. The Bertz CT molecular complexity index is 609. The van der Waals surface area contributed by atoms with Crippen LogP contribution in [0.2, 0.25) is 0 Å². The zero-order valence-electron chi connectivity index (χ0n) is 14.3. The molecule has 1 spiro atoms. The summed E-state index contributed by atoms with van der Waals surface area (Å²) in [7, 11) is 1.64. The molecule has 130 valence electrons. The molecular formula is C18H24N2O3S. The van der Waals surface area contributed by atoms with E-state index < -0.39 is 0 Å². The number of hydrogen-bond donors (Lipinski definition) is 0. The second-order valence-corrected chi connectivity index (χ2v) is 7.63. The first-order chi connectivity index (χ1) is 11.6. The van der Waals surface area contributed by atoms with Crippen LogP contribution in [0.15, 0.2) is 24.3 Å². The highest BCUT2D eigenvalue weighted by Gasteiger charge is 2.48. The van der Waals surface area contributed by atoms with Gasteiger partial charge in [-0.05, 0) is 43.5 Å². The molecule has 0 aliphatic carbocycles. The smallest absolute Gasteiger partial charge is 0.238 e. The van der Waals surface area contributed by atoms with Crippen LogP contribution in [0.3, 0.4) is 0 Å². The Labute approximate surface area is 147 Å². The number of methoxy groups -OCH3 is 1. The molecule has 0 radical (unpaired) electrons. The van der Waals surface area contributed by atoms with Crippen molar-refractivity contribution < 1.29 is 14.3 Å². The number of rotatable bonds is 4. The number of carbonyl (C=O) groups excluding carboxylic acids is 2. The van der Waals surface area contributed by atoms with E-state index in [9.17, 15) is 9.59 Å². The fraction of sp³-hybridized carbons (Fsp3) is 0.556. The molecular weight excluding hydrogens is 324 g/mol. The third-order valence-corrected chi connectivity index (χ3v) is 6.33. The maximum atomic E-state index is 12.5. The Morgan fingerprint density at radius 2 is 1.92 bits per heavy atom. The summed E-state index contributed by atoms with van der Waals surface area (Å²) in [5.41, 5.74) is 0.916. The van der Waals surface area contributed by atoms with Crippen LogP contribution >= 0.6 is 11.8 Å². The van der Waals surface area contributed by atoms with Gasteiger partial charge in [0.2, 0.25) is 11.8 Å². The molecule has 5 nitrogen and oxygen atoms in total. The van der Waals surface area contributed by atoms with Crippen LogP contribution in [-0.2, 0) is 9.59 Å². The van der Waals surface area contributed by atoms with Crippen molar-refractivity contribution >= 4 is 29.3 Å². The van der Waals surface area contributed by atoms with Gasteiger partial charge in [-0.2, -0.15) is 0 Å².